The molecule has 0 aliphatic heterocycles. The van der Waals surface area contributed by atoms with Gasteiger partial charge in [-0.25, -0.2) is 0 Å². The Labute approximate surface area is 195 Å². The first-order valence-corrected chi connectivity index (χ1v) is 10.4. The number of thiophene rings is 1. The van der Waals surface area contributed by atoms with E-state index in [1.54, 1.807) is 25.6 Å². The summed E-state index contributed by atoms with van der Waals surface area (Å²) < 4.78 is 10.8. The second kappa shape index (κ2) is 13.7. The van der Waals surface area contributed by atoms with Crippen molar-refractivity contribution in [3.8, 4) is 11.5 Å². The van der Waals surface area contributed by atoms with Crippen LogP contribution in [0.15, 0.2) is 40.7 Å². The number of hydrogen-bond acceptors (Lipinski definition) is 5. The summed E-state index contributed by atoms with van der Waals surface area (Å²) in [5.41, 5.74) is 1.14. The lowest BCUT2D eigenvalue weighted by atomic mass is 10.1. The molecule has 2 aromatic rings. The van der Waals surface area contributed by atoms with Crippen molar-refractivity contribution in [3.05, 3.63) is 46.2 Å². The van der Waals surface area contributed by atoms with Crippen LogP contribution in [-0.2, 0) is 6.42 Å². The van der Waals surface area contributed by atoms with E-state index in [9.17, 15) is 0 Å². The number of nitrogens with one attached hydrogen (secondary N) is 2. The molecule has 0 aliphatic carbocycles. The summed E-state index contributed by atoms with van der Waals surface area (Å²) >= 11 is 1.78. The fourth-order valence-corrected chi connectivity index (χ4v) is 3.61. The number of ether oxygens (including phenoxy) is 2. The molecule has 29 heavy (non-hydrogen) atoms. The summed E-state index contributed by atoms with van der Waals surface area (Å²) in [7, 11) is 7.43. The van der Waals surface area contributed by atoms with Crippen LogP contribution in [0, 0.1) is 0 Å². The van der Waals surface area contributed by atoms with Crippen molar-refractivity contribution in [1.29, 1.82) is 0 Å². The van der Waals surface area contributed by atoms with E-state index in [-0.39, 0.29) is 30.0 Å². The van der Waals surface area contributed by atoms with Gasteiger partial charge in [-0.05, 0) is 56.6 Å². The minimum Gasteiger partial charge on any atom is -0.493 e. The van der Waals surface area contributed by atoms with Crippen molar-refractivity contribution in [1.82, 2.24) is 15.5 Å². The molecule has 2 N–H and O–H groups in total. The second-order valence-corrected chi connectivity index (χ2v) is 7.60. The molecule has 1 unspecified atom stereocenters. The highest BCUT2D eigenvalue weighted by Crippen LogP contribution is 2.31. The third-order valence-electron chi connectivity index (χ3n) is 4.43. The summed E-state index contributed by atoms with van der Waals surface area (Å²) in [5, 5.41) is 8.87. The number of methoxy groups -OCH3 is 2. The van der Waals surface area contributed by atoms with E-state index in [4.69, 9.17) is 14.5 Å². The molecule has 1 aromatic carbocycles. The minimum absolute atomic E-state index is 0. The quantitative estimate of drug-likeness (QED) is 0.277. The molecule has 0 spiro atoms. The van der Waals surface area contributed by atoms with Gasteiger partial charge >= 0.3 is 0 Å². The zero-order valence-electron chi connectivity index (χ0n) is 17.9. The molecule has 8 heteroatoms. The number of rotatable bonds is 10. The van der Waals surface area contributed by atoms with Crippen LogP contribution in [0.1, 0.15) is 23.4 Å². The summed E-state index contributed by atoms with van der Waals surface area (Å²) in [6.45, 7) is 4.40. The molecule has 0 amide bonds. The Hall–Kier alpha value is -1.52. The van der Waals surface area contributed by atoms with Gasteiger partial charge in [-0.3, -0.25) is 4.99 Å². The summed E-state index contributed by atoms with van der Waals surface area (Å²) in [5.74, 6) is 2.30. The van der Waals surface area contributed by atoms with Gasteiger partial charge in [0.2, 0.25) is 0 Å². The number of nitrogens with zero attached hydrogens (tertiary/aromatic N) is 2. The molecule has 6 nitrogen and oxygen atoms in total. The van der Waals surface area contributed by atoms with Crippen LogP contribution >= 0.6 is 35.3 Å². The molecule has 162 valence electrons. The predicted octanol–water partition coefficient (Wildman–Crippen LogP) is 3.78. The van der Waals surface area contributed by atoms with Crippen LogP contribution in [-0.4, -0.2) is 58.8 Å². The number of aliphatic imine (C=N–C) groups is 1. The monoisotopic (exact) mass is 532 g/mol. The first kappa shape index (κ1) is 25.5. The van der Waals surface area contributed by atoms with E-state index < -0.39 is 0 Å². The zero-order chi connectivity index (χ0) is 20.4. The van der Waals surface area contributed by atoms with Gasteiger partial charge in [0.15, 0.2) is 17.5 Å². The molecular formula is C21H33IN4O2S. The van der Waals surface area contributed by atoms with Gasteiger partial charge in [-0.2, -0.15) is 0 Å². The van der Waals surface area contributed by atoms with E-state index >= 15 is 0 Å². The summed E-state index contributed by atoms with van der Waals surface area (Å²) in [6.07, 6.45) is 0.995. The fourth-order valence-electron chi connectivity index (χ4n) is 2.91. The number of halogens is 1. The smallest absolute Gasteiger partial charge is 0.191 e. The van der Waals surface area contributed by atoms with Crippen molar-refractivity contribution >= 4 is 41.3 Å². The Kier molecular flexibility index (Phi) is 12.0. The lowest BCUT2D eigenvalue weighted by Crippen LogP contribution is -2.39. The van der Waals surface area contributed by atoms with Crippen LogP contribution < -0.4 is 20.1 Å². The van der Waals surface area contributed by atoms with E-state index in [0.29, 0.717) is 6.54 Å². The lowest BCUT2D eigenvalue weighted by Gasteiger charge is -2.24. The Morgan fingerprint density at radius 1 is 1.14 bits per heavy atom. The number of hydrogen-bond donors (Lipinski definition) is 2. The van der Waals surface area contributed by atoms with Gasteiger partial charge in [-0.1, -0.05) is 12.1 Å². The molecule has 0 saturated heterocycles. The molecular weight excluding hydrogens is 499 g/mol. The van der Waals surface area contributed by atoms with E-state index in [1.807, 2.05) is 12.1 Å². The van der Waals surface area contributed by atoms with Crippen LogP contribution in [0.3, 0.4) is 0 Å². The van der Waals surface area contributed by atoms with Crippen LogP contribution in [0.2, 0.25) is 0 Å². The molecule has 0 aliphatic rings. The van der Waals surface area contributed by atoms with E-state index in [0.717, 1.165) is 42.5 Å². The maximum Gasteiger partial charge on any atom is 0.191 e. The molecule has 0 bridgehead atoms. The van der Waals surface area contributed by atoms with Crippen molar-refractivity contribution in [2.24, 2.45) is 4.99 Å². The topological polar surface area (TPSA) is 58.1 Å². The Bertz CT molecular complexity index is 738. The standard InChI is InChI=1S/C21H32N4O2S.HI/c1-6-22-21(23-12-11-17-8-7-13-28-17)24-15-18(25(2)3)16-9-10-19(26-4)20(14-16)27-5;/h7-10,13-14,18H,6,11-12,15H2,1-5H3,(H2,22,23,24);1H. The lowest BCUT2D eigenvalue weighted by molar-refractivity contribution is 0.303. The Morgan fingerprint density at radius 3 is 2.48 bits per heavy atom. The highest BCUT2D eigenvalue weighted by atomic mass is 127. The molecule has 0 saturated carbocycles. The average molecular weight is 532 g/mol. The average Bonchev–Trinajstić information content (AvgIpc) is 3.21. The van der Waals surface area contributed by atoms with Gasteiger partial charge in [-0.15, -0.1) is 35.3 Å². The Balaban J connectivity index is 0.00000420. The van der Waals surface area contributed by atoms with E-state index in [1.165, 1.54) is 4.88 Å². The molecule has 2 rings (SSSR count). The van der Waals surface area contributed by atoms with Crippen LogP contribution in [0.4, 0.5) is 0 Å². The fraction of sp³-hybridized carbons (Fsp3) is 0.476. The van der Waals surface area contributed by atoms with Gasteiger partial charge in [0.25, 0.3) is 0 Å². The molecule has 0 radical (unpaired) electrons. The van der Waals surface area contributed by atoms with Gasteiger partial charge in [0.05, 0.1) is 26.8 Å². The SMILES string of the molecule is CCNC(=NCC(c1ccc(OC)c(OC)c1)N(C)C)NCCc1cccs1.I. The second-order valence-electron chi connectivity index (χ2n) is 6.57. The van der Waals surface area contributed by atoms with Crippen molar-refractivity contribution in [2.45, 2.75) is 19.4 Å². The maximum absolute atomic E-state index is 5.46. The van der Waals surface area contributed by atoms with Gasteiger partial charge in [0.1, 0.15) is 0 Å². The predicted molar refractivity (Wildman–Crippen MR) is 133 cm³/mol. The first-order valence-electron chi connectivity index (χ1n) is 9.52. The zero-order valence-corrected chi connectivity index (χ0v) is 21.0. The molecule has 1 heterocycles. The van der Waals surface area contributed by atoms with Gasteiger partial charge < -0.3 is 25.0 Å². The highest BCUT2D eigenvalue weighted by Gasteiger charge is 2.16. The third kappa shape index (κ3) is 8.02. The number of guanidine groups is 1. The van der Waals surface area contributed by atoms with Crippen molar-refractivity contribution in [3.63, 3.8) is 0 Å². The summed E-state index contributed by atoms with van der Waals surface area (Å²) in [4.78, 5) is 8.35. The van der Waals surface area contributed by atoms with Gasteiger partial charge in [0, 0.05) is 18.0 Å². The Morgan fingerprint density at radius 2 is 1.90 bits per heavy atom. The van der Waals surface area contributed by atoms with Crippen LogP contribution in [0.5, 0.6) is 11.5 Å². The van der Waals surface area contributed by atoms with Crippen molar-refractivity contribution in [2.75, 3.05) is 47.9 Å². The minimum atomic E-state index is 0. The molecule has 0 fully saturated rings. The number of likely N-dealkylation sites (N-methyl/N-ethyl adjacent to an activating group) is 1. The maximum atomic E-state index is 5.46. The molecule has 1 atom stereocenters. The highest BCUT2D eigenvalue weighted by molar-refractivity contribution is 14.0. The first-order chi connectivity index (χ1) is 13.6. The number of benzene rings is 1. The summed E-state index contributed by atoms with van der Waals surface area (Å²) in [6, 6.07) is 10.4. The molecule has 1 aromatic heterocycles. The van der Waals surface area contributed by atoms with Crippen LogP contribution in [0.25, 0.3) is 0 Å². The normalized spacial score (nSPS) is 12.3. The van der Waals surface area contributed by atoms with Crippen molar-refractivity contribution < 1.29 is 9.47 Å². The van der Waals surface area contributed by atoms with E-state index in [2.05, 4.69) is 60.1 Å². The third-order valence-corrected chi connectivity index (χ3v) is 5.36. The largest absolute Gasteiger partial charge is 0.493 e.